The van der Waals surface area contributed by atoms with Crippen LogP contribution in [-0.4, -0.2) is 41.7 Å². The number of rotatable bonds is 6. The van der Waals surface area contributed by atoms with Gasteiger partial charge in [-0.1, -0.05) is 36.4 Å². The lowest BCUT2D eigenvalue weighted by Gasteiger charge is -2.27. The van der Waals surface area contributed by atoms with E-state index in [1.54, 1.807) is 0 Å². The van der Waals surface area contributed by atoms with E-state index in [0.29, 0.717) is 12.0 Å². The maximum absolute atomic E-state index is 12.8. The van der Waals surface area contributed by atoms with E-state index < -0.39 is 5.60 Å². The normalized spacial score (nSPS) is 19.2. The fourth-order valence-electron chi connectivity index (χ4n) is 3.73. The third kappa shape index (κ3) is 4.76. The van der Waals surface area contributed by atoms with Gasteiger partial charge in [-0.2, -0.15) is 0 Å². The fourth-order valence-corrected chi connectivity index (χ4v) is 3.73. The highest BCUT2D eigenvalue weighted by atomic mass is 16.3. The molecule has 0 aliphatic heterocycles. The number of amides is 1. The van der Waals surface area contributed by atoms with Crippen LogP contribution >= 0.6 is 0 Å². The monoisotopic (exact) mass is 366 g/mol. The quantitative estimate of drug-likeness (QED) is 0.824. The summed E-state index contributed by atoms with van der Waals surface area (Å²) in [5, 5.41) is 13.1. The number of aryl methyl sites for hydroxylation is 1. The van der Waals surface area contributed by atoms with Crippen LogP contribution in [-0.2, 0) is 12.8 Å². The number of fused-ring (bicyclic) bond motifs is 1. The molecule has 0 aromatic heterocycles. The molecule has 1 aliphatic rings. The summed E-state index contributed by atoms with van der Waals surface area (Å²) in [6.07, 6.45) is 2.44. The smallest absolute Gasteiger partial charge is 0.251 e. The zero-order valence-electron chi connectivity index (χ0n) is 16.7. The lowest BCUT2D eigenvalue weighted by Crippen LogP contribution is -2.41. The number of carbonyl (C=O) groups is 1. The van der Waals surface area contributed by atoms with Crippen molar-refractivity contribution in [2.45, 2.75) is 50.8 Å². The Morgan fingerprint density at radius 1 is 1.15 bits per heavy atom. The van der Waals surface area contributed by atoms with Crippen LogP contribution in [0.15, 0.2) is 48.5 Å². The first-order valence-corrected chi connectivity index (χ1v) is 9.61. The van der Waals surface area contributed by atoms with Crippen LogP contribution in [0.2, 0.25) is 0 Å². The highest BCUT2D eigenvalue weighted by molar-refractivity contribution is 5.94. The minimum absolute atomic E-state index is 0.00133. The first-order chi connectivity index (χ1) is 12.7. The van der Waals surface area contributed by atoms with Gasteiger partial charge in [-0.05, 0) is 76.0 Å². The summed E-state index contributed by atoms with van der Waals surface area (Å²) < 4.78 is 0. The van der Waals surface area contributed by atoms with E-state index in [0.717, 1.165) is 18.4 Å². The van der Waals surface area contributed by atoms with Gasteiger partial charge in [-0.15, -0.1) is 0 Å². The fraction of sp³-hybridized carbons (Fsp3) is 0.435. The summed E-state index contributed by atoms with van der Waals surface area (Å²) in [5.41, 5.74) is 3.65. The summed E-state index contributed by atoms with van der Waals surface area (Å²) >= 11 is 0. The number of hydrogen-bond acceptors (Lipinski definition) is 3. The predicted octanol–water partition coefficient (Wildman–Crippen LogP) is 3.35. The average molecular weight is 367 g/mol. The number of benzene rings is 2. The van der Waals surface area contributed by atoms with E-state index in [2.05, 4.69) is 42.5 Å². The molecule has 0 saturated carbocycles. The molecule has 0 heterocycles. The van der Waals surface area contributed by atoms with Crippen molar-refractivity contribution in [2.24, 2.45) is 0 Å². The van der Waals surface area contributed by atoms with Gasteiger partial charge in [0.2, 0.25) is 0 Å². The average Bonchev–Trinajstić information content (AvgIpc) is 2.99. The first-order valence-electron chi connectivity index (χ1n) is 9.61. The summed E-state index contributed by atoms with van der Waals surface area (Å²) in [5.74, 6) is -0.0439. The van der Waals surface area contributed by atoms with Crippen molar-refractivity contribution >= 4 is 5.91 Å². The zero-order valence-corrected chi connectivity index (χ0v) is 16.7. The molecule has 2 aromatic rings. The first kappa shape index (κ1) is 19.6. The van der Waals surface area contributed by atoms with Crippen molar-refractivity contribution in [2.75, 3.05) is 14.1 Å². The van der Waals surface area contributed by atoms with Crippen LogP contribution in [0.25, 0.3) is 0 Å². The highest BCUT2D eigenvalue weighted by Crippen LogP contribution is 2.33. The van der Waals surface area contributed by atoms with Crippen LogP contribution in [0.5, 0.6) is 0 Å². The predicted molar refractivity (Wildman–Crippen MR) is 109 cm³/mol. The van der Waals surface area contributed by atoms with Gasteiger partial charge < -0.3 is 15.3 Å². The summed E-state index contributed by atoms with van der Waals surface area (Å²) in [6, 6.07) is 16.3. The van der Waals surface area contributed by atoms with Gasteiger partial charge in [0.1, 0.15) is 0 Å². The second-order valence-corrected chi connectivity index (χ2v) is 8.39. The van der Waals surface area contributed by atoms with Crippen molar-refractivity contribution in [1.29, 1.82) is 0 Å². The second-order valence-electron chi connectivity index (χ2n) is 8.39. The summed E-state index contributed by atoms with van der Waals surface area (Å²) in [7, 11) is 4.13. The van der Waals surface area contributed by atoms with Crippen LogP contribution in [0.1, 0.15) is 53.4 Å². The molecule has 0 radical (unpaired) electrons. The molecule has 0 fully saturated rings. The van der Waals surface area contributed by atoms with Gasteiger partial charge in [-0.25, -0.2) is 0 Å². The molecule has 1 aliphatic carbocycles. The van der Waals surface area contributed by atoms with Gasteiger partial charge in [0.25, 0.3) is 5.91 Å². The lowest BCUT2D eigenvalue weighted by molar-refractivity contribution is 0.0713. The van der Waals surface area contributed by atoms with Gasteiger partial charge >= 0.3 is 0 Å². The summed E-state index contributed by atoms with van der Waals surface area (Å²) in [6.45, 7) is 3.63. The number of likely N-dealkylation sites (N-methyl/N-ethyl adjacent to an activating group) is 1. The standard InChI is InChI=1S/C23H30N2O2/c1-23(2,27)14-13-16-9-11-17(12-10-16)22(26)24-21-19-8-6-5-7-18(19)15-20(21)25(3)4/h5-12,20-21,27H,13-15H2,1-4H3,(H,24,26). The second kappa shape index (κ2) is 7.83. The molecule has 3 rings (SSSR count). The molecule has 0 bridgehead atoms. The molecule has 27 heavy (non-hydrogen) atoms. The molecule has 0 saturated heterocycles. The maximum Gasteiger partial charge on any atom is 0.251 e. The number of nitrogens with one attached hydrogen (secondary N) is 1. The van der Waals surface area contributed by atoms with Gasteiger partial charge in [-0.3, -0.25) is 4.79 Å². The topological polar surface area (TPSA) is 52.6 Å². The molecular weight excluding hydrogens is 336 g/mol. The van der Waals surface area contributed by atoms with Crippen LogP contribution in [0.4, 0.5) is 0 Å². The van der Waals surface area contributed by atoms with Crippen molar-refractivity contribution in [1.82, 2.24) is 10.2 Å². The summed E-state index contributed by atoms with van der Waals surface area (Å²) in [4.78, 5) is 15.0. The Morgan fingerprint density at radius 3 is 2.44 bits per heavy atom. The van der Waals surface area contributed by atoms with E-state index in [1.165, 1.54) is 11.1 Å². The number of aliphatic hydroxyl groups is 1. The van der Waals surface area contributed by atoms with Crippen LogP contribution < -0.4 is 5.32 Å². The lowest BCUT2D eigenvalue weighted by atomic mass is 9.98. The molecule has 1 amide bonds. The van der Waals surface area contributed by atoms with Crippen molar-refractivity contribution in [3.63, 3.8) is 0 Å². The van der Waals surface area contributed by atoms with Gasteiger partial charge in [0.05, 0.1) is 11.6 Å². The minimum atomic E-state index is -0.674. The van der Waals surface area contributed by atoms with E-state index >= 15 is 0 Å². The Morgan fingerprint density at radius 2 is 1.81 bits per heavy atom. The van der Waals surface area contributed by atoms with E-state index in [9.17, 15) is 9.90 Å². The Labute approximate surface area is 162 Å². The number of carbonyl (C=O) groups excluding carboxylic acids is 1. The largest absolute Gasteiger partial charge is 0.390 e. The SMILES string of the molecule is CN(C)C1Cc2ccccc2C1NC(=O)c1ccc(CCC(C)(C)O)cc1. The molecule has 2 aromatic carbocycles. The Balaban J connectivity index is 1.71. The van der Waals surface area contributed by atoms with Gasteiger partial charge in [0, 0.05) is 11.6 Å². The van der Waals surface area contributed by atoms with Crippen molar-refractivity contribution in [3.05, 3.63) is 70.8 Å². The molecule has 2 unspecified atom stereocenters. The van der Waals surface area contributed by atoms with Crippen molar-refractivity contribution < 1.29 is 9.90 Å². The molecule has 4 heteroatoms. The number of nitrogens with zero attached hydrogens (tertiary/aromatic N) is 1. The van der Waals surface area contributed by atoms with E-state index in [-0.39, 0.29) is 18.0 Å². The van der Waals surface area contributed by atoms with Gasteiger partial charge in [0.15, 0.2) is 0 Å². The van der Waals surface area contributed by atoms with Crippen molar-refractivity contribution in [3.8, 4) is 0 Å². The molecule has 2 atom stereocenters. The molecular formula is C23H30N2O2. The van der Waals surface area contributed by atoms with E-state index in [4.69, 9.17) is 0 Å². The molecule has 0 spiro atoms. The zero-order chi connectivity index (χ0) is 19.6. The molecule has 144 valence electrons. The third-order valence-corrected chi connectivity index (χ3v) is 5.40. The molecule has 2 N–H and O–H groups in total. The maximum atomic E-state index is 12.8. The Kier molecular flexibility index (Phi) is 5.68. The van der Waals surface area contributed by atoms with Crippen LogP contribution in [0, 0.1) is 0 Å². The Bertz CT molecular complexity index is 791. The highest BCUT2D eigenvalue weighted by Gasteiger charge is 2.34. The Hall–Kier alpha value is -2.17. The third-order valence-electron chi connectivity index (χ3n) is 5.40. The minimum Gasteiger partial charge on any atom is -0.390 e. The van der Waals surface area contributed by atoms with Crippen LogP contribution in [0.3, 0.4) is 0 Å². The van der Waals surface area contributed by atoms with E-state index in [1.807, 2.05) is 44.2 Å². The number of hydrogen-bond donors (Lipinski definition) is 2. The molecule has 4 nitrogen and oxygen atoms in total.